The van der Waals surface area contributed by atoms with Crippen molar-refractivity contribution in [1.29, 1.82) is 0 Å². The molecular weight excluding hydrogens is 348 g/mol. The Kier molecular flexibility index (Phi) is 5.11. The number of fused-ring (bicyclic) bond motifs is 2. The molecule has 3 aromatic carbocycles. The summed E-state index contributed by atoms with van der Waals surface area (Å²) in [4.78, 5) is 17.5. The largest absolute Gasteiger partial charge is 0.438 e. The fourth-order valence-corrected chi connectivity index (χ4v) is 3.60. The molecule has 0 fully saturated rings. The molecular formula is C24H24N2O2. The number of carbonyl (C=O) groups is 1. The van der Waals surface area contributed by atoms with Gasteiger partial charge in [0.15, 0.2) is 5.58 Å². The fraction of sp³-hybridized carbons (Fsp3) is 0.250. The van der Waals surface area contributed by atoms with Crippen LogP contribution in [0.5, 0.6) is 0 Å². The van der Waals surface area contributed by atoms with E-state index in [1.807, 2.05) is 48.5 Å². The van der Waals surface area contributed by atoms with Gasteiger partial charge in [-0.15, -0.1) is 0 Å². The summed E-state index contributed by atoms with van der Waals surface area (Å²) in [5, 5.41) is 5.40. The van der Waals surface area contributed by atoms with Crippen LogP contribution in [0.3, 0.4) is 0 Å². The lowest BCUT2D eigenvalue weighted by Crippen LogP contribution is -2.31. The van der Waals surface area contributed by atoms with Gasteiger partial charge in [-0.05, 0) is 40.8 Å². The fourth-order valence-electron chi connectivity index (χ4n) is 3.60. The molecule has 4 heteroatoms. The zero-order valence-corrected chi connectivity index (χ0v) is 16.2. The Morgan fingerprint density at radius 3 is 2.57 bits per heavy atom. The summed E-state index contributed by atoms with van der Waals surface area (Å²) in [6.45, 7) is 4.26. The highest BCUT2D eigenvalue weighted by molar-refractivity contribution is 5.90. The van der Waals surface area contributed by atoms with Crippen molar-refractivity contribution < 1.29 is 9.21 Å². The van der Waals surface area contributed by atoms with Gasteiger partial charge in [0, 0.05) is 0 Å². The number of oxazole rings is 1. The lowest BCUT2D eigenvalue weighted by Gasteiger charge is -2.18. The van der Waals surface area contributed by atoms with Gasteiger partial charge in [0.1, 0.15) is 11.6 Å². The molecule has 4 aromatic rings. The highest BCUT2D eigenvalue weighted by atomic mass is 16.3. The van der Waals surface area contributed by atoms with Gasteiger partial charge in [0.05, 0.1) is 6.42 Å². The zero-order valence-electron chi connectivity index (χ0n) is 16.2. The summed E-state index contributed by atoms with van der Waals surface area (Å²) in [7, 11) is 0. The van der Waals surface area contributed by atoms with E-state index in [9.17, 15) is 4.79 Å². The molecule has 0 aliphatic carbocycles. The maximum Gasteiger partial charge on any atom is 0.225 e. The Labute approximate surface area is 164 Å². The molecule has 142 valence electrons. The van der Waals surface area contributed by atoms with Crippen molar-refractivity contribution in [2.45, 2.75) is 32.7 Å². The predicted octanol–water partition coefficient (Wildman–Crippen LogP) is 5.43. The Hall–Kier alpha value is -3.14. The Morgan fingerprint density at radius 2 is 1.75 bits per heavy atom. The number of aromatic nitrogens is 1. The minimum absolute atomic E-state index is 0.0238. The molecule has 0 spiro atoms. The van der Waals surface area contributed by atoms with Gasteiger partial charge in [0.2, 0.25) is 11.8 Å². The van der Waals surface area contributed by atoms with E-state index in [2.05, 4.69) is 42.3 Å². The van der Waals surface area contributed by atoms with Crippen LogP contribution >= 0.6 is 0 Å². The molecule has 1 atom stereocenters. The topological polar surface area (TPSA) is 55.1 Å². The normalized spacial score (nSPS) is 12.5. The highest BCUT2D eigenvalue weighted by Crippen LogP contribution is 2.25. The molecule has 0 bridgehead atoms. The average molecular weight is 372 g/mol. The van der Waals surface area contributed by atoms with E-state index in [0.717, 1.165) is 33.9 Å². The molecule has 1 N–H and O–H groups in total. The van der Waals surface area contributed by atoms with E-state index in [1.54, 1.807) is 0 Å². The number of nitrogens with one attached hydrogen (secondary N) is 1. The highest BCUT2D eigenvalue weighted by Gasteiger charge is 2.22. The van der Waals surface area contributed by atoms with Crippen LogP contribution in [0, 0.1) is 5.92 Å². The number of carbonyl (C=O) groups excluding carboxylic acids is 1. The average Bonchev–Trinajstić information content (AvgIpc) is 3.12. The quantitative estimate of drug-likeness (QED) is 0.491. The Bertz CT molecular complexity index is 1080. The van der Waals surface area contributed by atoms with E-state index in [1.165, 1.54) is 0 Å². The molecule has 0 saturated heterocycles. The second kappa shape index (κ2) is 7.85. The molecule has 0 saturated carbocycles. The number of benzene rings is 3. The van der Waals surface area contributed by atoms with Crippen molar-refractivity contribution in [2.24, 2.45) is 5.92 Å². The SMILES string of the molecule is CC(C)C[C@H](NC(=O)Cc1cccc2ccccc12)c1nc2ccccc2o1. The zero-order chi connectivity index (χ0) is 19.5. The van der Waals surface area contributed by atoms with Gasteiger partial charge in [-0.2, -0.15) is 0 Å². The van der Waals surface area contributed by atoms with Crippen LogP contribution in [0.15, 0.2) is 71.1 Å². The first-order chi connectivity index (χ1) is 13.6. The maximum absolute atomic E-state index is 12.9. The van der Waals surface area contributed by atoms with Crippen molar-refractivity contribution in [3.05, 3.63) is 78.2 Å². The predicted molar refractivity (Wildman–Crippen MR) is 112 cm³/mol. The van der Waals surface area contributed by atoms with Crippen molar-refractivity contribution in [1.82, 2.24) is 10.3 Å². The number of rotatable bonds is 6. The molecule has 1 heterocycles. The van der Waals surface area contributed by atoms with Crippen LogP contribution in [0.1, 0.15) is 37.8 Å². The monoisotopic (exact) mass is 372 g/mol. The summed E-state index contributed by atoms with van der Waals surface area (Å²) < 4.78 is 5.93. The minimum Gasteiger partial charge on any atom is -0.438 e. The number of hydrogen-bond donors (Lipinski definition) is 1. The van der Waals surface area contributed by atoms with Crippen LogP contribution < -0.4 is 5.32 Å². The van der Waals surface area contributed by atoms with Crippen molar-refractivity contribution in [3.63, 3.8) is 0 Å². The summed E-state index contributed by atoms with van der Waals surface area (Å²) in [5.41, 5.74) is 2.58. The van der Waals surface area contributed by atoms with Crippen LogP contribution in [0.2, 0.25) is 0 Å². The van der Waals surface area contributed by atoms with E-state index in [4.69, 9.17) is 4.42 Å². The first-order valence-corrected chi connectivity index (χ1v) is 9.71. The third-order valence-corrected chi connectivity index (χ3v) is 4.88. The van der Waals surface area contributed by atoms with Gasteiger partial charge >= 0.3 is 0 Å². The number of nitrogens with zero attached hydrogens (tertiary/aromatic N) is 1. The minimum atomic E-state index is -0.241. The molecule has 28 heavy (non-hydrogen) atoms. The number of para-hydroxylation sites is 2. The van der Waals surface area contributed by atoms with Crippen LogP contribution in [0.4, 0.5) is 0 Å². The van der Waals surface area contributed by atoms with Gasteiger partial charge in [-0.3, -0.25) is 4.79 Å². The van der Waals surface area contributed by atoms with Crippen molar-refractivity contribution in [3.8, 4) is 0 Å². The standard InChI is InChI=1S/C24H24N2O2/c1-16(2)14-21(24-26-20-12-5-6-13-22(20)28-24)25-23(27)15-18-10-7-9-17-8-3-4-11-19(17)18/h3-13,16,21H,14-15H2,1-2H3,(H,25,27)/t21-/m0/s1. The molecule has 0 aliphatic heterocycles. The first-order valence-electron chi connectivity index (χ1n) is 9.71. The van der Waals surface area contributed by atoms with Gasteiger partial charge in [-0.25, -0.2) is 4.98 Å². The van der Waals surface area contributed by atoms with Crippen molar-refractivity contribution >= 4 is 27.8 Å². The van der Waals surface area contributed by atoms with E-state index in [-0.39, 0.29) is 11.9 Å². The lowest BCUT2D eigenvalue weighted by atomic mass is 10.0. The molecule has 4 rings (SSSR count). The molecule has 1 aromatic heterocycles. The molecule has 1 amide bonds. The first kappa shape index (κ1) is 18.2. The lowest BCUT2D eigenvalue weighted by molar-refractivity contribution is -0.121. The Morgan fingerprint density at radius 1 is 1.00 bits per heavy atom. The second-order valence-corrected chi connectivity index (χ2v) is 7.58. The van der Waals surface area contributed by atoms with E-state index < -0.39 is 0 Å². The molecule has 0 aliphatic rings. The summed E-state index contributed by atoms with van der Waals surface area (Å²) in [6, 6.07) is 21.7. The van der Waals surface area contributed by atoms with Crippen molar-refractivity contribution in [2.75, 3.05) is 0 Å². The Balaban J connectivity index is 1.57. The van der Waals surface area contributed by atoms with E-state index in [0.29, 0.717) is 18.2 Å². The number of amides is 1. The van der Waals surface area contributed by atoms with Crippen LogP contribution in [0.25, 0.3) is 21.9 Å². The van der Waals surface area contributed by atoms with Crippen LogP contribution in [-0.2, 0) is 11.2 Å². The smallest absolute Gasteiger partial charge is 0.225 e. The third kappa shape index (κ3) is 3.91. The summed E-state index contributed by atoms with van der Waals surface area (Å²) in [6.07, 6.45) is 1.10. The summed E-state index contributed by atoms with van der Waals surface area (Å²) >= 11 is 0. The summed E-state index contributed by atoms with van der Waals surface area (Å²) in [5.74, 6) is 0.947. The molecule has 0 unspecified atom stereocenters. The maximum atomic E-state index is 12.9. The van der Waals surface area contributed by atoms with E-state index >= 15 is 0 Å². The van der Waals surface area contributed by atoms with Gasteiger partial charge in [-0.1, -0.05) is 68.4 Å². The van der Waals surface area contributed by atoms with Gasteiger partial charge < -0.3 is 9.73 Å². The van der Waals surface area contributed by atoms with Crippen LogP contribution in [-0.4, -0.2) is 10.9 Å². The second-order valence-electron chi connectivity index (χ2n) is 7.58. The van der Waals surface area contributed by atoms with Gasteiger partial charge in [0.25, 0.3) is 0 Å². The molecule has 0 radical (unpaired) electrons. The molecule has 4 nitrogen and oxygen atoms in total. The number of hydrogen-bond acceptors (Lipinski definition) is 3. The third-order valence-electron chi connectivity index (χ3n) is 4.88.